The van der Waals surface area contributed by atoms with Gasteiger partial charge in [-0.15, -0.1) is 0 Å². The third-order valence-electron chi connectivity index (χ3n) is 3.61. The van der Waals surface area contributed by atoms with Gasteiger partial charge in [0.05, 0.1) is 12.0 Å². The molecule has 0 saturated carbocycles. The molecule has 0 aliphatic carbocycles. The lowest BCUT2D eigenvalue weighted by Crippen LogP contribution is -2.41. The molecule has 0 radical (unpaired) electrons. The Morgan fingerprint density at radius 3 is 2.47 bits per heavy atom. The fraction of sp³-hybridized carbons (Fsp3) is 0.500. The average Bonchev–Trinajstić information content (AvgIpc) is 2.39. The molecule has 1 atom stereocenters. The maximum Gasteiger partial charge on any atom is 0.226 e. The number of primary amides is 1. The van der Waals surface area contributed by atoms with Crippen molar-refractivity contribution in [2.45, 2.75) is 24.9 Å². The number of halogens is 1. The molecular formula is C14H19IN2O2. The van der Waals surface area contributed by atoms with E-state index >= 15 is 0 Å². The van der Waals surface area contributed by atoms with E-state index in [1.807, 2.05) is 24.3 Å². The molecule has 1 aliphatic heterocycles. The van der Waals surface area contributed by atoms with Gasteiger partial charge >= 0.3 is 0 Å². The summed E-state index contributed by atoms with van der Waals surface area (Å²) in [4.78, 5) is 13.9. The number of nitrogens with two attached hydrogens (primary N) is 1. The van der Waals surface area contributed by atoms with Crippen molar-refractivity contribution in [3.05, 3.63) is 33.4 Å². The van der Waals surface area contributed by atoms with Crippen LogP contribution in [0, 0.1) is 3.57 Å². The molecule has 5 heteroatoms. The van der Waals surface area contributed by atoms with Gasteiger partial charge in [0.25, 0.3) is 0 Å². The number of benzene rings is 1. The molecule has 1 fully saturated rings. The van der Waals surface area contributed by atoms with Gasteiger partial charge in [-0.1, -0.05) is 12.1 Å². The molecule has 0 bridgehead atoms. The van der Waals surface area contributed by atoms with E-state index in [0.29, 0.717) is 6.54 Å². The van der Waals surface area contributed by atoms with E-state index in [9.17, 15) is 9.90 Å². The van der Waals surface area contributed by atoms with Crippen molar-refractivity contribution < 1.29 is 9.90 Å². The number of amides is 1. The lowest BCUT2D eigenvalue weighted by atomic mass is 9.96. The number of rotatable bonds is 4. The number of carbonyl (C=O) groups excluding carboxylic acids is 1. The van der Waals surface area contributed by atoms with Crippen molar-refractivity contribution in [2.24, 2.45) is 5.73 Å². The third-order valence-corrected chi connectivity index (χ3v) is 4.33. The first kappa shape index (κ1) is 14.7. The zero-order chi connectivity index (χ0) is 13.8. The summed E-state index contributed by atoms with van der Waals surface area (Å²) >= 11 is 2.24. The summed E-state index contributed by atoms with van der Waals surface area (Å²) in [6.07, 6.45) is 1.36. The molecule has 19 heavy (non-hydrogen) atoms. The largest absolute Gasteiger partial charge is 0.393 e. The Labute approximate surface area is 127 Å². The van der Waals surface area contributed by atoms with Crippen LogP contribution in [0.1, 0.15) is 24.3 Å². The summed E-state index contributed by atoms with van der Waals surface area (Å²) in [5, 5.41) is 9.50. The number of carbonyl (C=O) groups is 1. The molecule has 0 unspecified atom stereocenters. The van der Waals surface area contributed by atoms with Crippen molar-refractivity contribution in [2.75, 3.05) is 19.6 Å². The maximum atomic E-state index is 11.7. The Morgan fingerprint density at radius 2 is 1.95 bits per heavy atom. The lowest BCUT2D eigenvalue weighted by Gasteiger charge is -2.31. The fourth-order valence-corrected chi connectivity index (χ4v) is 2.77. The lowest BCUT2D eigenvalue weighted by molar-refractivity contribution is -0.120. The van der Waals surface area contributed by atoms with Crippen LogP contribution in [0.15, 0.2) is 24.3 Å². The predicted octanol–water partition coefficient (Wildman–Crippen LogP) is 1.32. The highest BCUT2D eigenvalue weighted by Gasteiger charge is 2.24. The first-order valence-electron chi connectivity index (χ1n) is 6.51. The van der Waals surface area contributed by atoms with Crippen molar-refractivity contribution in [3.63, 3.8) is 0 Å². The molecule has 1 heterocycles. The van der Waals surface area contributed by atoms with Gasteiger partial charge in [-0.05, 0) is 53.1 Å². The van der Waals surface area contributed by atoms with E-state index in [0.717, 1.165) is 35.1 Å². The van der Waals surface area contributed by atoms with E-state index < -0.39 is 0 Å². The van der Waals surface area contributed by atoms with E-state index in [4.69, 9.17) is 5.73 Å². The first-order valence-corrected chi connectivity index (χ1v) is 7.59. The van der Waals surface area contributed by atoms with Crippen molar-refractivity contribution in [3.8, 4) is 0 Å². The topological polar surface area (TPSA) is 66.6 Å². The molecular weight excluding hydrogens is 355 g/mol. The Balaban J connectivity index is 2.04. The van der Waals surface area contributed by atoms with E-state index in [-0.39, 0.29) is 17.9 Å². The smallest absolute Gasteiger partial charge is 0.226 e. The Kier molecular flexibility index (Phi) is 5.18. The molecule has 0 spiro atoms. The minimum atomic E-state index is -0.285. The van der Waals surface area contributed by atoms with Gasteiger partial charge in [0.15, 0.2) is 0 Å². The van der Waals surface area contributed by atoms with Crippen molar-refractivity contribution in [1.82, 2.24) is 4.90 Å². The minimum absolute atomic E-state index is 0.193. The van der Waals surface area contributed by atoms with Crippen LogP contribution >= 0.6 is 22.6 Å². The second-order valence-corrected chi connectivity index (χ2v) is 6.28. The van der Waals surface area contributed by atoms with E-state index in [1.165, 1.54) is 0 Å². The first-order chi connectivity index (χ1) is 9.06. The number of nitrogens with zero attached hydrogens (tertiary/aromatic N) is 1. The number of piperidine rings is 1. The van der Waals surface area contributed by atoms with Gasteiger partial charge < -0.3 is 15.7 Å². The molecule has 1 amide bonds. The van der Waals surface area contributed by atoms with Crippen LogP contribution in [-0.4, -0.2) is 41.7 Å². The zero-order valence-corrected chi connectivity index (χ0v) is 12.9. The van der Waals surface area contributed by atoms with E-state index in [2.05, 4.69) is 27.5 Å². The molecule has 1 aliphatic rings. The second kappa shape index (κ2) is 6.67. The second-order valence-electron chi connectivity index (χ2n) is 5.04. The summed E-state index contributed by atoms with van der Waals surface area (Å²) in [6, 6.07) is 7.92. The summed E-state index contributed by atoms with van der Waals surface area (Å²) in [5.74, 6) is -0.556. The van der Waals surface area contributed by atoms with Crippen LogP contribution in [0.4, 0.5) is 0 Å². The SMILES string of the molecule is NC(=O)[C@H](CN1CCC(O)CC1)c1ccc(I)cc1. The molecule has 3 N–H and O–H groups in total. The summed E-state index contributed by atoms with van der Waals surface area (Å²) < 4.78 is 1.14. The Morgan fingerprint density at radius 1 is 1.37 bits per heavy atom. The quantitative estimate of drug-likeness (QED) is 0.782. The van der Waals surface area contributed by atoms with Crippen LogP contribution in [0.5, 0.6) is 0 Å². The van der Waals surface area contributed by atoms with E-state index in [1.54, 1.807) is 0 Å². The van der Waals surface area contributed by atoms with Gasteiger partial charge in [-0.2, -0.15) is 0 Å². The molecule has 2 rings (SSSR count). The third kappa shape index (κ3) is 4.15. The summed E-state index contributed by atoms with van der Waals surface area (Å²) in [7, 11) is 0. The zero-order valence-electron chi connectivity index (χ0n) is 10.8. The van der Waals surface area contributed by atoms with Gasteiger partial charge in [0.2, 0.25) is 5.91 Å². The van der Waals surface area contributed by atoms with Gasteiger partial charge in [-0.3, -0.25) is 4.79 Å². The molecule has 1 aromatic rings. The monoisotopic (exact) mass is 374 g/mol. The van der Waals surface area contributed by atoms with Crippen LogP contribution in [-0.2, 0) is 4.79 Å². The molecule has 1 aromatic carbocycles. The Bertz CT molecular complexity index is 428. The fourth-order valence-electron chi connectivity index (χ4n) is 2.41. The molecule has 1 saturated heterocycles. The normalized spacial score (nSPS) is 19.3. The highest BCUT2D eigenvalue weighted by atomic mass is 127. The molecule has 4 nitrogen and oxygen atoms in total. The van der Waals surface area contributed by atoms with Gasteiger partial charge in [-0.25, -0.2) is 0 Å². The highest BCUT2D eigenvalue weighted by molar-refractivity contribution is 14.1. The Hall–Kier alpha value is -0.660. The number of hydrogen-bond donors (Lipinski definition) is 2. The number of aliphatic hydroxyl groups excluding tert-OH is 1. The highest BCUT2D eigenvalue weighted by Crippen LogP contribution is 2.20. The minimum Gasteiger partial charge on any atom is -0.393 e. The molecule has 104 valence electrons. The van der Waals surface area contributed by atoms with Crippen LogP contribution in [0.2, 0.25) is 0 Å². The molecule has 0 aromatic heterocycles. The number of hydrogen-bond acceptors (Lipinski definition) is 3. The van der Waals surface area contributed by atoms with Crippen LogP contribution < -0.4 is 5.73 Å². The van der Waals surface area contributed by atoms with Gasteiger partial charge in [0.1, 0.15) is 0 Å². The standard InChI is InChI=1S/C14H19IN2O2/c15-11-3-1-10(2-4-11)13(14(16)19)9-17-7-5-12(18)6-8-17/h1-4,12-13,18H,5-9H2,(H2,16,19)/t13-/m1/s1. The summed E-state index contributed by atoms with van der Waals surface area (Å²) in [6.45, 7) is 2.30. The maximum absolute atomic E-state index is 11.7. The van der Waals surface area contributed by atoms with Crippen molar-refractivity contribution >= 4 is 28.5 Å². The van der Waals surface area contributed by atoms with Gasteiger partial charge in [0, 0.05) is 23.2 Å². The number of aliphatic hydroxyl groups is 1. The van der Waals surface area contributed by atoms with Crippen molar-refractivity contribution in [1.29, 1.82) is 0 Å². The van der Waals surface area contributed by atoms with Crippen LogP contribution in [0.25, 0.3) is 0 Å². The van der Waals surface area contributed by atoms with Crippen LogP contribution in [0.3, 0.4) is 0 Å². The predicted molar refractivity (Wildman–Crippen MR) is 82.8 cm³/mol. The summed E-state index contributed by atoms with van der Waals surface area (Å²) in [5.41, 5.74) is 6.51. The average molecular weight is 374 g/mol. The number of likely N-dealkylation sites (tertiary alicyclic amines) is 1.